The summed E-state index contributed by atoms with van der Waals surface area (Å²) in [6.45, 7) is 4.10. The van der Waals surface area contributed by atoms with Gasteiger partial charge in [-0.1, -0.05) is 66.5 Å². The molecule has 0 aliphatic carbocycles. The van der Waals surface area contributed by atoms with Crippen LogP contribution in [0.4, 0.5) is 0 Å². The minimum Gasteiger partial charge on any atom is -0.463 e. The van der Waals surface area contributed by atoms with Crippen LogP contribution in [0.2, 0.25) is 0 Å². The lowest BCUT2D eigenvalue weighted by Crippen LogP contribution is -2.66. The maximum Gasteiger partial charge on any atom is 0.303 e. The zero-order valence-electron chi connectivity index (χ0n) is 21.6. The lowest BCUT2D eigenvalue weighted by Gasteiger charge is -2.46. The summed E-state index contributed by atoms with van der Waals surface area (Å²) in [6.07, 6.45) is -1.72. The fourth-order valence-corrected chi connectivity index (χ4v) is 5.20. The molecule has 11 nitrogen and oxygen atoms in total. The number of nitrogens with zero attached hydrogens (tertiary/aromatic N) is 1. The fourth-order valence-electron chi connectivity index (χ4n) is 3.94. The Morgan fingerprint density at radius 3 is 2.10 bits per heavy atom. The standard InChI is InChI=1S/C26H27NO10S2/c1-14(28)33-13-19-21(34-15(2)29)22(35-16(3)30)23(36-17(4)31)25(37-19)27-24(32)20(39-26(27)38)12-8-11-18-9-6-5-7-10-18/h5-12,19,21-23,25H,13H2,1-4H3/b11-8+,20-12-/t19-,21-,22+,23+,25-/m0/s1. The van der Waals surface area contributed by atoms with Gasteiger partial charge < -0.3 is 23.7 Å². The third-order valence-corrected chi connectivity index (χ3v) is 6.73. The molecule has 2 fully saturated rings. The minimum absolute atomic E-state index is 0.0836. The topological polar surface area (TPSA) is 135 Å². The first-order valence-corrected chi connectivity index (χ1v) is 13.0. The molecule has 2 aliphatic rings. The largest absolute Gasteiger partial charge is 0.463 e. The van der Waals surface area contributed by atoms with Gasteiger partial charge >= 0.3 is 23.9 Å². The Bertz CT molecular complexity index is 1200. The molecule has 39 heavy (non-hydrogen) atoms. The van der Waals surface area contributed by atoms with Gasteiger partial charge in [0.25, 0.3) is 5.91 Å². The van der Waals surface area contributed by atoms with E-state index in [1.807, 2.05) is 30.3 Å². The molecular weight excluding hydrogens is 550 g/mol. The van der Waals surface area contributed by atoms with Crippen molar-refractivity contribution < 1.29 is 47.7 Å². The summed E-state index contributed by atoms with van der Waals surface area (Å²) in [5, 5.41) is 0. The van der Waals surface area contributed by atoms with Gasteiger partial charge in [0, 0.05) is 27.7 Å². The molecule has 0 spiro atoms. The average Bonchev–Trinajstić information content (AvgIpc) is 3.13. The van der Waals surface area contributed by atoms with Crippen molar-refractivity contribution in [2.75, 3.05) is 6.61 Å². The summed E-state index contributed by atoms with van der Waals surface area (Å²) in [7, 11) is 0. The molecule has 3 rings (SSSR count). The number of rotatable bonds is 8. The van der Waals surface area contributed by atoms with Crippen molar-refractivity contribution >= 4 is 64.2 Å². The normalized spacial score (nSPS) is 26.0. The maximum atomic E-state index is 13.5. The second-order valence-electron chi connectivity index (χ2n) is 8.43. The number of amides is 1. The van der Waals surface area contributed by atoms with Crippen molar-refractivity contribution in [1.29, 1.82) is 0 Å². The first kappa shape index (κ1) is 30.0. The summed E-state index contributed by atoms with van der Waals surface area (Å²) in [5.74, 6) is -3.52. The van der Waals surface area contributed by atoms with Crippen molar-refractivity contribution in [3.05, 3.63) is 53.0 Å². The number of benzene rings is 1. The van der Waals surface area contributed by atoms with Crippen LogP contribution in [0, 0.1) is 0 Å². The molecule has 2 aliphatic heterocycles. The van der Waals surface area contributed by atoms with Crippen LogP contribution in [-0.2, 0) is 47.7 Å². The Kier molecular flexibility index (Phi) is 10.4. The van der Waals surface area contributed by atoms with E-state index in [1.165, 1.54) is 6.92 Å². The van der Waals surface area contributed by atoms with Crippen LogP contribution in [0.3, 0.4) is 0 Å². The smallest absolute Gasteiger partial charge is 0.303 e. The van der Waals surface area contributed by atoms with Gasteiger partial charge in [-0.3, -0.25) is 28.9 Å². The van der Waals surface area contributed by atoms with E-state index in [0.29, 0.717) is 0 Å². The number of ether oxygens (including phenoxy) is 5. The van der Waals surface area contributed by atoms with Crippen molar-refractivity contribution in [2.24, 2.45) is 0 Å². The molecule has 1 amide bonds. The Labute approximate surface area is 234 Å². The number of esters is 4. The third-order valence-electron chi connectivity index (χ3n) is 5.38. The van der Waals surface area contributed by atoms with Gasteiger partial charge in [-0.15, -0.1) is 0 Å². The Balaban J connectivity index is 1.99. The summed E-state index contributed by atoms with van der Waals surface area (Å²) < 4.78 is 27.5. The molecule has 13 heteroatoms. The van der Waals surface area contributed by atoms with Gasteiger partial charge in [-0.25, -0.2) is 0 Å². The van der Waals surface area contributed by atoms with Gasteiger partial charge in [0.05, 0.1) is 4.91 Å². The monoisotopic (exact) mass is 577 g/mol. The van der Waals surface area contributed by atoms with Gasteiger partial charge in [0.1, 0.15) is 12.7 Å². The van der Waals surface area contributed by atoms with Crippen LogP contribution in [0.5, 0.6) is 0 Å². The molecular formula is C26H27NO10S2. The van der Waals surface area contributed by atoms with Crippen LogP contribution in [-0.4, -0.2) is 76.3 Å². The van der Waals surface area contributed by atoms with Gasteiger partial charge in [-0.05, 0) is 11.6 Å². The van der Waals surface area contributed by atoms with Gasteiger partial charge in [0.15, 0.2) is 28.9 Å². The molecule has 0 unspecified atom stereocenters. The SMILES string of the molecule is CC(=O)OC[C@@H]1O[C@H](N2C(=O)/C(=C/C=C/c3ccccc3)SC2=S)[C@H](OC(C)=O)[C@H](OC(C)=O)[C@H]1OC(C)=O. The van der Waals surface area contributed by atoms with Crippen molar-refractivity contribution in [1.82, 2.24) is 4.90 Å². The number of carbonyl (C=O) groups is 5. The van der Waals surface area contributed by atoms with E-state index in [1.54, 1.807) is 18.2 Å². The summed E-state index contributed by atoms with van der Waals surface area (Å²) in [4.78, 5) is 62.4. The number of hydrogen-bond donors (Lipinski definition) is 0. The summed E-state index contributed by atoms with van der Waals surface area (Å²) in [5.41, 5.74) is 0.920. The third kappa shape index (κ3) is 7.97. The molecule has 1 aromatic rings. The van der Waals surface area contributed by atoms with Crippen molar-refractivity contribution in [3.8, 4) is 0 Å². The van der Waals surface area contributed by atoms with Gasteiger partial charge in [-0.2, -0.15) is 0 Å². The second kappa shape index (κ2) is 13.5. The van der Waals surface area contributed by atoms with Crippen LogP contribution in [0.1, 0.15) is 33.3 Å². The number of allylic oxidation sites excluding steroid dienone is 2. The molecule has 208 valence electrons. The molecule has 0 saturated carbocycles. The Hall–Kier alpha value is -3.55. The predicted octanol–water partition coefficient (Wildman–Crippen LogP) is 2.53. The van der Waals surface area contributed by atoms with E-state index >= 15 is 0 Å². The highest BCUT2D eigenvalue weighted by atomic mass is 32.2. The predicted molar refractivity (Wildman–Crippen MR) is 143 cm³/mol. The van der Waals surface area contributed by atoms with E-state index in [0.717, 1.165) is 43.0 Å². The molecule has 1 aromatic carbocycles. The first-order chi connectivity index (χ1) is 18.5. The van der Waals surface area contributed by atoms with Gasteiger partial charge in [0.2, 0.25) is 0 Å². The second-order valence-corrected chi connectivity index (χ2v) is 10.1. The quantitative estimate of drug-likeness (QED) is 0.194. The van der Waals surface area contributed by atoms with Crippen LogP contribution >= 0.6 is 24.0 Å². The average molecular weight is 578 g/mol. The van der Waals surface area contributed by atoms with Crippen LogP contribution < -0.4 is 0 Å². The molecule has 2 saturated heterocycles. The minimum atomic E-state index is -1.44. The van der Waals surface area contributed by atoms with E-state index in [4.69, 9.17) is 35.9 Å². The summed E-state index contributed by atoms with van der Waals surface area (Å²) in [6, 6.07) is 9.43. The maximum absolute atomic E-state index is 13.5. The number of hydrogen-bond acceptors (Lipinski definition) is 12. The molecule has 0 N–H and O–H groups in total. The molecule has 2 heterocycles. The number of carbonyl (C=O) groups excluding carboxylic acids is 5. The molecule has 0 aromatic heterocycles. The van der Waals surface area contributed by atoms with Crippen molar-refractivity contribution in [2.45, 2.75) is 58.3 Å². The van der Waals surface area contributed by atoms with E-state index < -0.39 is 67.0 Å². The molecule has 5 atom stereocenters. The van der Waals surface area contributed by atoms with E-state index in [2.05, 4.69) is 0 Å². The summed E-state index contributed by atoms with van der Waals surface area (Å²) >= 11 is 6.46. The first-order valence-electron chi connectivity index (χ1n) is 11.8. The van der Waals surface area contributed by atoms with Crippen LogP contribution in [0.25, 0.3) is 6.08 Å². The zero-order valence-corrected chi connectivity index (χ0v) is 23.2. The lowest BCUT2D eigenvalue weighted by molar-refractivity contribution is -0.268. The fraction of sp³-hybridized carbons (Fsp3) is 0.385. The molecule has 0 radical (unpaired) electrons. The zero-order chi connectivity index (χ0) is 28.7. The van der Waals surface area contributed by atoms with E-state index in [9.17, 15) is 24.0 Å². The van der Waals surface area contributed by atoms with Crippen LogP contribution in [0.15, 0.2) is 47.4 Å². The van der Waals surface area contributed by atoms with Crippen molar-refractivity contribution in [3.63, 3.8) is 0 Å². The highest BCUT2D eigenvalue weighted by molar-refractivity contribution is 8.26. The highest BCUT2D eigenvalue weighted by Crippen LogP contribution is 2.38. The number of thiocarbonyl (C=S) groups is 1. The Morgan fingerprint density at radius 1 is 0.923 bits per heavy atom. The number of thioether (sulfide) groups is 1. The Morgan fingerprint density at radius 2 is 1.51 bits per heavy atom. The van der Waals surface area contributed by atoms with E-state index in [-0.39, 0.29) is 9.23 Å². The molecule has 0 bridgehead atoms. The highest BCUT2D eigenvalue weighted by Gasteiger charge is 2.56. The lowest BCUT2D eigenvalue weighted by atomic mass is 9.96.